The van der Waals surface area contributed by atoms with Gasteiger partial charge in [0.15, 0.2) is 0 Å². The van der Waals surface area contributed by atoms with E-state index >= 15 is 0 Å². The van der Waals surface area contributed by atoms with Crippen LogP contribution in [-0.2, 0) is 4.79 Å². The first-order valence-electron chi connectivity index (χ1n) is 6.83. The van der Waals surface area contributed by atoms with E-state index < -0.39 is 5.97 Å². The van der Waals surface area contributed by atoms with Crippen LogP contribution >= 0.6 is 11.6 Å². The van der Waals surface area contributed by atoms with Crippen molar-refractivity contribution in [1.82, 2.24) is 14.7 Å². The summed E-state index contributed by atoms with van der Waals surface area (Å²) in [4.78, 5) is 24.5. The lowest BCUT2D eigenvalue weighted by Crippen LogP contribution is -2.36. The zero-order chi connectivity index (χ0) is 16.1. The van der Waals surface area contributed by atoms with Crippen molar-refractivity contribution in [3.63, 3.8) is 0 Å². The number of aliphatic carboxylic acids is 1. The Morgan fingerprint density at radius 2 is 2.00 bits per heavy atom. The molecule has 2 rings (SSSR count). The summed E-state index contributed by atoms with van der Waals surface area (Å²) < 4.78 is 1.55. The molecule has 1 aromatic carbocycles. The highest BCUT2D eigenvalue weighted by Crippen LogP contribution is 2.14. The topological polar surface area (TPSA) is 75.4 Å². The van der Waals surface area contributed by atoms with E-state index in [9.17, 15) is 9.59 Å². The van der Waals surface area contributed by atoms with Crippen LogP contribution in [0.5, 0.6) is 0 Å². The third-order valence-electron chi connectivity index (χ3n) is 3.03. The molecule has 2 aromatic rings. The average molecular weight is 322 g/mol. The summed E-state index contributed by atoms with van der Waals surface area (Å²) in [5.41, 5.74) is 1.12. The van der Waals surface area contributed by atoms with Crippen LogP contribution in [0.2, 0.25) is 5.02 Å². The molecule has 0 bridgehead atoms. The first-order valence-corrected chi connectivity index (χ1v) is 7.20. The zero-order valence-corrected chi connectivity index (χ0v) is 12.8. The van der Waals surface area contributed by atoms with Crippen LogP contribution in [0.25, 0.3) is 5.69 Å². The van der Waals surface area contributed by atoms with Crippen molar-refractivity contribution in [2.45, 2.75) is 13.3 Å². The van der Waals surface area contributed by atoms with E-state index in [1.165, 1.54) is 11.1 Å². The number of carbonyl (C=O) groups is 2. The summed E-state index contributed by atoms with van der Waals surface area (Å²) in [6.45, 7) is 1.95. The van der Waals surface area contributed by atoms with Gasteiger partial charge in [-0.2, -0.15) is 5.10 Å². The van der Waals surface area contributed by atoms with Crippen molar-refractivity contribution in [3.05, 3.63) is 47.2 Å². The molecule has 0 aliphatic heterocycles. The van der Waals surface area contributed by atoms with E-state index in [1.54, 1.807) is 35.1 Å². The molecule has 1 N–H and O–H groups in total. The maximum absolute atomic E-state index is 12.4. The number of rotatable bonds is 6. The molecule has 1 heterocycles. The van der Waals surface area contributed by atoms with E-state index in [0.29, 0.717) is 23.6 Å². The lowest BCUT2D eigenvalue weighted by molar-refractivity contribution is -0.137. The van der Waals surface area contributed by atoms with Crippen LogP contribution in [0.3, 0.4) is 0 Å². The molecular formula is C15H16ClN3O3. The van der Waals surface area contributed by atoms with Crippen molar-refractivity contribution in [1.29, 1.82) is 0 Å². The quantitative estimate of drug-likeness (QED) is 0.886. The van der Waals surface area contributed by atoms with Crippen LogP contribution in [-0.4, -0.2) is 44.8 Å². The number of carboxylic acid groups (broad SMARTS) is 1. The molecular weight excluding hydrogens is 306 g/mol. The van der Waals surface area contributed by atoms with Crippen LogP contribution < -0.4 is 0 Å². The number of nitrogens with zero attached hydrogens (tertiary/aromatic N) is 3. The minimum Gasteiger partial charge on any atom is -0.480 e. The molecule has 22 heavy (non-hydrogen) atoms. The Kier molecular flexibility index (Phi) is 5.16. The Hall–Kier alpha value is -2.34. The first kappa shape index (κ1) is 16.0. The Bertz CT molecular complexity index is 667. The highest BCUT2D eigenvalue weighted by molar-refractivity contribution is 6.30. The molecule has 0 aliphatic carbocycles. The highest BCUT2D eigenvalue weighted by atomic mass is 35.5. The van der Waals surface area contributed by atoms with Gasteiger partial charge in [0.05, 0.1) is 17.4 Å². The molecule has 6 nitrogen and oxygen atoms in total. The van der Waals surface area contributed by atoms with Crippen LogP contribution in [0.15, 0.2) is 36.7 Å². The number of carboxylic acids is 1. The van der Waals surface area contributed by atoms with E-state index in [2.05, 4.69) is 5.10 Å². The Morgan fingerprint density at radius 1 is 1.32 bits per heavy atom. The van der Waals surface area contributed by atoms with Gasteiger partial charge in [0.2, 0.25) is 0 Å². The highest BCUT2D eigenvalue weighted by Gasteiger charge is 2.19. The van der Waals surface area contributed by atoms with E-state index in [-0.39, 0.29) is 12.5 Å². The van der Waals surface area contributed by atoms with Crippen molar-refractivity contribution in [2.24, 2.45) is 0 Å². The largest absolute Gasteiger partial charge is 0.480 e. The van der Waals surface area contributed by atoms with Crippen molar-refractivity contribution < 1.29 is 14.7 Å². The second-order valence-corrected chi connectivity index (χ2v) is 5.21. The lowest BCUT2D eigenvalue weighted by Gasteiger charge is -2.18. The van der Waals surface area contributed by atoms with Crippen LogP contribution in [0, 0.1) is 0 Å². The SMILES string of the molecule is CCCN(CC(=O)O)C(=O)c1cnn(-c2ccc(Cl)cc2)c1. The predicted molar refractivity (Wildman–Crippen MR) is 82.4 cm³/mol. The van der Waals surface area contributed by atoms with Gasteiger partial charge in [-0.25, -0.2) is 4.68 Å². The van der Waals surface area contributed by atoms with Gasteiger partial charge in [0.25, 0.3) is 5.91 Å². The molecule has 0 saturated heterocycles. The number of hydrogen-bond acceptors (Lipinski definition) is 3. The Morgan fingerprint density at radius 3 is 2.59 bits per heavy atom. The normalized spacial score (nSPS) is 10.5. The number of amides is 1. The average Bonchev–Trinajstić information content (AvgIpc) is 2.96. The number of benzene rings is 1. The molecule has 1 aromatic heterocycles. The predicted octanol–water partition coefficient (Wildman–Crippen LogP) is 2.46. The van der Waals surface area contributed by atoms with E-state index in [4.69, 9.17) is 16.7 Å². The molecule has 0 spiro atoms. The van der Waals surface area contributed by atoms with Gasteiger partial charge in [-0.3, -0.25) is 9.59 Å². The molecule has 0 saturated carbocycles. The first-order chi connectivity index (χ1) is 10.5. The van der Waals surface area contributed by atoms with Gasteiger partial charge < -0.3 is 10.0 Å². The van der Waals surface area contributed by atoms with Gasteiger partial charge in [0, 0.05) is 17.8 Å². The van der Waals surface area contributed by atoms with Gasteiger partial charge in [0.1, 0.15) is 6.54 Å². The number of hydrogen-bond donors (Lipinski definition) is 1. The number of aromatic nitrogens is 2. The number of carbonyl (C=O) groups excluding carboxylic acids is 1. The van der Waals surface area contributed by atoms with Crippen molar-refractivity contribution in [2.75, 3.05) is 13.1 Å². The van der Waals surface area contributed by atoms with Gasteiger partial charge in [-0.15, -0.1) is 0 Å². The molecule has 0 fully saturated rings. The summed E-state index contributed by atoms with van der Waals surface area (Å²) in [5.74, 6) is -1.38. The molecule has 0 unspecified atom stereocenters. The molecule has 7 heteroatoms. The van der Waals surface area contributed by atoms with E-state index in [0.717, 1.165) is 5.69 Å². The summed E-state index contributed by atoms with van der Waals surface area (Å²) in [6.07, 6.45) is 3.70. The lowest BCUT2D eigenvalue weighted by atomic mass is 10.2. The smallest absolute Gasteiger partial charge is 0.323 e. The fourth-order valence-electron chi connectivity index (χ4n) is 2.04. The van der Waals surface area contributed by atoms with Crippen LogP contribution in [0.1, 0.15) is 23.7 Å². The van der Waals surface area contributed by atoms with E-state index in [1.807, 2.05) is 6.92 Å². The second kappa shape index (κ2) is 7.09. The summed E-state index contributed by atoms with van der Waals surface area (Å²) in [7, 11) is 0. The summed E-state index contributed by atoms with van der Waals surface area (Å²) in [6, 6.07) is 7.02. The standard InChI is InChI=1S/C15H16ClN3O3/c1-2-7-18(10-14(20)21)15(22)11-8-17-19(9-11)13-5-3-12(16)4-6-13/h3-6,8-9H,2,7,10H2,1H3,(H,20,21). The molecule has 116 valence electrons. The van der Waals surface area contributed by atoms with Gasteiger partial charge in [-0.1, -0.05) is 18.5 Å². The summed E-state index contributed by atoms with van der Waals surface area (Å²) in [5, 5.41) is 13.6. The Balaban J connectivity index is 2.20. The Labute approximate surface area is 132 Å². The third kappa shape index (κ3) is 3.85. The van der Waals surface area contributed by atoms with Crippen LogP contribution in [0.4, 0.5) is 0 Å². The minimum atomic E-state index is -1.04. The maximum atomic E-state index is 12.4. The maximum Gasteiger partial charge on any atom is 0.323 e. The molecule has 0 radical (unpaired) electrons. The van der Waals surface area contributed by atoms with Crippen molar-refractivity contribution in [3.8, 4) is 5.69 Å². The van der Waals surface area contributed by atoms with Crippen molar-refractivity contribution >= 4 is 23.5 Å². The monoisotopic (exact) mass is 321 g/mol. The zero-order valence-electron chi connectivity index (χ0n) is 12.1. The fourth-order valence-corrected chi connectivity index (χ4v) is 2.16. The summed E-state index contributed by atoms with van der Waals surface area (Å²) >= 11 is 5.83. The third-order valence-corrected chi connectivity index (χ3v) is 3.28. The number of halogens is 1. The molecule has 0 atom stereocenters. The molecule has 0 aliphatic rings. The van der Waals surface area contributed by atoms with Gasteiger partial charge in [-0.05, 0) is 30.7 Å². The molecule has 1 amide bonds. The second-order valence-electron chi connectivity index (χ2n) is 4.77. The van der Waals surface area contributed by atoms with Gasteiger partial charge >= 0.3 is 5.97 Å². The fraction of sp³-hybridized carbons (Fsp3) is 0.267. The minimum absolute atomic E-state index is 0.321.